The summed E-state index contributed by atoms with van der Waals surface area (Å²) in [5, 5.41) is 6.23. The van der Waals surface area contributed by atoms with E-state index < -0.39 is 29.0 Å². The lowest BCUT2D eigenvalue weighted by Crippen LogP contribution is -2.26. The van der Waals surface area contributed by atoms with Gasteiger partial charge in [-0.2, -0.15) is 18.3 Å². The molecule has 1 aromatic heterocycles. The highest BCUT2D eigenvalue weighted by molar-refractivity contribution is 6.03. The summed E-state index contributed by atoms with van der Waals surface area (Å²) in [6.07, 6.45) is -4.61. The number of nitrogens with zero attached hydrogens (tertiary/aromatic N) is 2. The summed E-state index contributed by atoms with van der Waals surface area (Å²) in [4.78, 5) is 24.6. The number of amides is 1. The van der Waals surface area contributed by atoms with Crippen LogP contribution in [0.25, 0.3) is 0 Å². The second-order valence-electron chi connectivity index (χ2n) is 6.21. The van der Waals surface area contributed by atoms with Crippen LogP contribution in [0.15, 0.2) is 59.4 Å². The van der Waals surface area contributed by atoms with Crippen molar-refractivity contribution < 1.29 is 27.1 Å². The molecule has 0 aliphatic carbocycles. The molecule has 0 atom stereocenters. The van der Waals surface area contributed by atoms with Gasteiger partial charge in [-0.3, -0.25) is 9.59 Å². The fourth-order valence-electron chi connectivity index (χ4n) is 2.66. The third-order valence-corrected chi connectivity index (χ3v) is 4.10. The lowest BCUT2D eigenvalue weighted by atomic mass is 10.1. The van der Waals surface area contributed by atoms with Crippen molar-refractivity contribution >= 4 is 11.6 Å². The summed E-state index contributed by atoms with van der Waals surface area (Å²) >= 11 is 0. The first-order valence-corrected chi connectivity index (χ1v) is 8.56. The monoisotopic (exact) mass is 421 g/mol. The molecule has 1 amide bonds. The van der Waals surface area contributed by atoms with E-state index in [1.54, 1.807) is 6.07 Å². The number of hydrogen-bond acceptors (Lipinski definition) is 4. The van der Waals surface area contributed by atoms with E-state index in [4.69, 9.17) is 4.74 Å². The van der Waals surface area contributed by atoms with Crippen molar-refractivity contribution in [1.29, 1.82) is 0 Å². The summed E-state index contributed by atoms with van der Waals surface area (Å²) in [5.74, 6) is -1.32. The number of carbonyl (C=O) groups is 1. The number of methoxy groups -OCH3 is 1. The third-order valence-electron chi connectivity index (χ3n) is 4.10. The minimum absolute atomic E-state index is 0.0180. The number of halogens is 4. The number of carbonyl (C=O) groups excluding carboxylic acids is 1. The molecule has 0 unspecified atom stereocenters. The van der Waals surface area contributed by atoms with Crippen molar-refractivity contribution in [2.24, 2.45) is 0 Å². The van der Waals surface area contributed by atoms with Gasteiger partial charge in [-0.15, -0.1) is 0 Å². The molecule has 0 saturated carbocycles. The van der Waals surface area contributed by atoms with Crippen LogP contribution in [0.5, 0.6) is 5.75 Å². The first kappa shape index (κ1) is 21.0. The van der Waals surface area contributed by atoms with Gasteiger partial charge < -0.3 is 10.1 Å². The standard InChI is InChI=1S/C20H15F4N3O3/c1-30-17-7-5-13(20(22,23)24)10-16(17)25-19(29)15-6-8-18(28)27(26-15)11-12-3-2-4-14(21)9-12/h2-10H,11H2,1H3,(H,25,29). The summed E-state index contributed by atoms with van der Waals surface area (Å²) in [6, 6.07) is 10.4. The van der Waals surface area contributed by atoms with Gasteiger partial charge in [-0.05, 0) is 42.0 Å². The average Bonchev–Trinajstić information content (AvgIpc) is 2.69. The van der Waals surface area contributed by atoms with Gasteiger partial charge >= 0.3 is 6.18 Å². The Labute approximate surface area is 167 Å². The van der Waals surface area contributed by atoms with Gasteiger partial charge in [-0.1, -0.05) is 12.1 Å². The predicted molar refractivity (Wildman–Crippen MR) is 99.9 cm³/mol. The molecule has 1 heterocycles. The highest BCUT2D eigenvalue weighted by Gasteiger charge is 2.31. The van der Waals surface area contributed by atoms with E-state index in [9.17, 15) is 27.2 Å². The number of anilines is 1. The van der Waals surface area contributed by atoms with Gasteiger partial charge in [0.25, 0.3) is 11.5 Å². The van der Waals surface area contributed by atoms with Crippen LogP contribution < -0.4 is 15.6 Å². The van der Waals surface area contributed by atoms with Crippen LogP contribution in [-0.4, -0.2) is 22.8 Å². The molecule has 1 N–H and O–H groups in total. The fraction of sp³-hybridized carbons (Fsp3) is 0.150. The summed E-state index contributed by atoms with van der Waals surface area (Å²) < 4.78 is 58.2. The molecule has 0 bridgehead atoms. The smallest absolute Gasteiger partial charge is 0.416 e. The lowest BCUT2D eigenvalue weighted by Gasteiger charge is -2.14. The Balaban J connectivity index is 1.88. The van der Waals surface area contributed by atoms with Crippen LogP contribution in [0.1, 0.15) is 21.6 Å². The number of benzene rings is 2. The van der Waals surface area contributed by atoms with E-state index in [1.165, 1.54) is 25.3 Å². The number of aromatic nitrogens is 2. The topological polar surface area (TPSA) is 73.2 Å². The van der Waals surface area contributed by atoms with Gasteiger partial charge in [0.2, 0.25) is 0 Å². The molecule has 30 heavy (non-hydrogen) atoms. The molecule has 0 fully saturated rings. The molecule has 0 aliphatic heterocycles. The molecule has 6 nitrogen and oxygen atoms in total. The zero-order valence-electron chi connectivity index (χ0n) is 15.5. The molecule has 3 rings (SSSR count). The van der Waals surface area contributed by atoms with Crippen molar-refractivity contribution in [3.05, 3.63) is 87.6 Å². The van der Waals surface area contributed by atoms with E-state index in [2.05, 4.69) is 10.4 Å². The average molecular weight is 421 g/mol. The summed E-state index contributed by atoms with van der Waals surface area (Å²) in [7, 11) is 1.25. The van der Waals surface area contributed by atoms with Crippen LogP contribution in [0.2, 0.25) is 0 Å². The summed E-state index contributed by atoms with van der Waals surface area (Å²) in [6.45, 7) is -0.0927. The SMILES string of the molecule is COc1ccc(C(F)(F)F)cc1NC(=O)c1ccc(=O)n(Cc2cccc(F)c2)n1. The van der Waals surface area contributed by atoms with E-state index in [0.29, 0.717) is 5.56 Å². The first-order valence-electron chi connectivity index (χ1n) is 8.56. The highest BCUT2D eigenvalue weighted by Crippen LogP contribution is 2.35. The van der Waals surface area contributed by atoms with E-state index in [-0.39, 0.29) is 23.7 Å². The van der Waals surface area contributed by atoms with Crippen LogP contribution in [0.4, 0.5) is 23.2 Å². The molecule has 3 aromatic rings. The molecule has 0 radical (unpaired) electrons. The molecule has 0 spiro atoms. The van der Waals surface area contributed by atoms with Crippen molar-refractivity contribution in [2.45, 2.75) is 12.7 Å². The Morgan fingerprint density at radius 1 is 1.13 bits per heavy atom. The second kappa shape index (κ2) is 8.36. The van der Waals surface area contributed by atoms with Gasteiger partial charge in [0.1, 0.15) is 17.3 Å². The Morgan fingerprint density at radius 2 is 1.90 bits per heavy atom. The van der Waals surface area contributed by atoms with Crippen molar-refractivity contribution in [1.82, 2.24) is 9.78 Å². The Kier molecular flexibility index (Phi) is 5.86. The van der Waals surface area contributed by atoms with E-state index in [1.807, 2.05) is 0 Å². The Hall–Kier alpha value is -3.69. The van der Waals surface area contributed by atoms with E-state index in [0.717, 1.165) is 35.0 Å². The van der Waals surface area contributed by atoms with Crippen LogP contribution in [-0.2, 0) is 12.7 Å². The van der Waals surface area contributed by atoms with Gasteiger partial charge in [0.15, 0.2) is 0 Å². The number of ether oxygens (including phenoxy) is 1. The quantitative estimate of drug-likeness (QED) is 0.638. The number of rotatable bonds is 5. The molecule has 0 saturated heterocycles. The largest absolute Gasteiger partial charge is 0.495 e. The zero-order valence-corrected chi connectivity index (χ0v) is 15.5. The third kappa shape index (κ3) is 4.83. The van der Waals surface area contributed by atoms with E-state index >= 15 is 0 Å². The maximum atomic E-state index is 13.3. The molecule has 156 valence electrons. The zero-order chi connectivity index (χ0) is 21.9. The van der Waals surface area contributed by atoms with Crippen LogP contribution in [0.3, 0.4) is 0 Å². The van der Waals surface area contributed by atoms with Crippen LogP contribution in [0, 0.1) is 5.82 Å². The molecular formula is C20H15F4N3O3. The van der Waals surface area contributed by atoms with Crippen molar-refractivity contribution in [2.75, 3.05) is 12.4 Å². The number of nitrogens with one attached hydrogen (secondary N) is 1. The molecular weight excluding hydrogens is 406 g/mol. The van der Waals surface area contributed by atoms with Crippen LogP contribution >= 0.6 is 0 Å². The maximum absolute atomic E-state index is 13.3. The fourth-order valence-corrected chi connectivity index (χ4v) is 2.66. The second-order valence-corrected chi connectivity index (χ2v) is 6.21. The minimum atomic E-state index is -4.61. The highest BCUT2D eigenvalue weighted by atomic mass is 19.4. The number of hydrogen-bond donors (Lipinski definition) is 1. The molecule has 10 heteroatoms. The van der Waals surface area contributed by atoms with Gasteiger partial charge in [0.05, 0.1) is 24.9 Å². The van der Waals surface area contributed by atoms with Crippen molar-refractivity contribution in [3.63, 3.8) is 0 Å². The maximum Gasteiger partial charge on any atom is 0.416 e. The van der Waals surface area contributed by atoms with Crippen molar-refractivity contribution in [3.8, 4) is 5.75 Å². The number of alkyl halides is 3. The molecule has 0 aliphatic rings. The predicted octanol–water partition coefficient (Wildman–Crippen LogP) is 3.71. The minimum Gasteiger partial charge on any atom is -0.495 e. The summed E-state index contributed by atoms with van der Waals surface area (Å²) in [5.41, 5.74) is -1.48. The lowest BCUT2D eigenvalue weighted by molar-refractivity contribution is -0.137. The Morgan fingerprint density at radius 3 is 2.57 bits per heavy atom. The van der Waals surface area contributed by atoms with Gasteiger partial charge in [0, 0.05) is 6.07 Å². The van der Waals surface area contributed by atoms with Gasteiger partial charge in [-0.25, -0.2) is 9.07 Å². The molecule has 2 aromatic carbocycles. The Bertz CT molecular complexity index is 1140. The first-order chi connectivity index (χ1) is 14.2. The normalized spacial score (nSPS) is 11.2.